The Kier molecular flexibility index (Phi) is 6.60. The van der Waals surface area contributed by atoms with Gasteiger partial charge in [-0.15, -0.1) is 11.3 Å². The lowest BCUT2D eigenvalue weighted by atomic mass is 9.55. The number of fused-ring (bicyclic) bond motifs is 8. The number of nitrogens with zero attached hydrogens (tertiary/aromatic N) is 1. The molecule has 8 aromatic carbocycles. The largest absolute Gasteiger partial charge is 0.354 e. The summed E-state index contributed by atoms with van der Waals surface area (Å²) in [5, 5.41) is 9.16. The van der Waals surface area contributed by atoms with Crippen molar-refractivity contribution in [3.8, 4) is 22.3 Å². The van der Waals surface area contributed by atoms with Gasteiger partial charge in [-0.1, -0.05) is 153 Å². The predicted octanol–water partition coefficient (Wildman–Crippen LogP) is 12.1. The molecule has 2 aliphatic heterocycles. The average molecular weight is 695 g/mol. The van der Waals surface area contributed by atoms with Gasteiger partial charge in [0, 0.05) is 43.5 Å². The van der Waals surface area contributed by atoms with E-state index in [9.17, 15) is 0 Å². The molecule has 2 aliphatic rings. The highest BCUT2D eigenvalue weighted by Crippen LogP contribution is 2.53. The van der Waals surface area contributed by atoms with Crippen molar-refractivity contribution in [3.63, 3.8) is 0 Å². The molecule has 11 rings (SSSR count). The molecular weight excluding hydrogens is 659 g/mol. The van der Waals surface area contributed by atoms with Crippen LogP contribution in [-0.2, 0) is 5.41 Å². The first-order valence-electron chi connectivity index (χ1n) is 18.5. The molecule has 0 fully saturated rings. The van der Waals surface area contributed by atoms with Crippen molar-refractivity contribution in [1.82, 2.24) is 0 Å². The van der Waals surface area contributed by atoms with Crippen LogP contribution in [0.5, 0.6) is 0 Å². The molecule has 0 saturated carbocycles. The number of hydrogen-bond acceptors (Lipinski definition) is 3. The molecule has 2 nitrogen and oxygen atoms in total. The van der Waals surface area contributed by atoms with Crippen molar-refractivity contribution in [2.24, 2.45) is 0 Å². The van der Waals surface area contributed by atoms with Gasteiger partial charge in [0.1, 0.15) is 0 Å². The van der Waals surface area contributed by atoms with Crippen molar-refractivity contribution < 1.29 is 0 Å². The normalized spacial score (nSPS) is 13.7. The number of anilines is 5. The molecule has 53 heavy (non-hydrogen) atoms. The van der Waals surface area contributed by atoms with Crippen LogP contribution in [0.1, 0.15) is 25.0 Å². The summed E-state index contributed by atoms with van der Waals surface area (Å²) in [6.45, 7) is 4.76. The molecule has 0 saturated heterocycles. The Morgan fingerprint density at radius 1 is 0.566 bits per heavy atom. The predicted molar refractivity (Wildman–Crippen MR) is 231 cm³/mol. The number of benzene rings is 8. The fraction of sp³-hybridized carbons (Fsp3) is 0.0612. The number of rotatable bonds is 4. The molecule has 0 bridgehead atoms. The fourth-order valence-corrected chi connectivity index (χ4v) is 10.3. The Morgan fingerprint density at radius 2 is 1.30 bits per heavy atom. The van der Waals surface area contributed by atoms with Crippen LogP contribution in [0, 0.1) is 0 Å². The average Bonchev–Trinajstić information content (AvgIpc) is 3.59. The summed E-state index contributed by atoms with van der Waals surface area (Å²) in [6.07, 6.45) is 0. The molecule has 9 aromatic rings. The molecule has 0 radical (unpaired) electrons. The highest BCUT2D eigenvalue weighted by molar-refractivity contribution is 7.26. The van der Waals surface area contributed by atoms with Crippen molar-refractivity contribution in [2.75, 3.05) is 10.2 Å². The van der Waals surface area contributed by atoms with Gasteiger partial charge in [0.25, 0.3) is 0 Å². The molecule has 1 N–H and O–H groups in total. The molecule has 250 valence electrons. The van der Waals surface area contributed by atoms with Crippen LogP contribution < -0.4 is 21.1 Å². The van der Waals surface area contributed by atoms with E-state index in [1.807, 2.05) is 11.3 Å². The highest BCUT2D eigenvalue weighted by Gasteiger charge is 2.41. The zero-order valence-electron chi connectivity index (χ0n) is 29.7. The van der Waals surface area contributed by atoms with Gasteiger partial charge in [-0.2, -0.15) is 0 Å². The molecule has 0 spiro atoms. The standard InChI is InChI=1S/C49H35BN2S/c1-49(2)37-20-9-10-24-42(37)52-43-29-32-16-6-7-17-33(32)45(46(43)50-39-22-13-21-38(49)47(39)52)36-27-26-31(30-14-4-3-5-15-30)28-41(36)51-40-23-12-19-35-34-18-8-11-25-44(34)53-48(35)40/h3-29,50-51H,1-2H3. The fourth-order valence-electron chi connectivity index (χ4n) is 9.13. The van der Waals surface area contributed by atoms with Gasteiger partial charge in [0.15, 0.2) is 7.28 Å². The lowest BCUT2D eigenvalue weighted by Crippen LogP contribution is -2.45. The summed E-state index contributed by atoms with van der Waals surface area (Å²) in [5.74, 6) is 0. The minimum absolute atomic E-state index is 0.104. The molecule has 0 unspecified atom stereocenters. The van der Waals surface area contributed by atoms with Crippen LogP contribution >= 0.6 is 11.3 Å². The molecule has 0 aliphatic carbocycles. The Bertz CT molecular complexity index is 2940. The Labute approximate surface area is 314 Å². The van der Waals surface area contributed by atoms with Gasteiger partial charge in [0.05, 0.1) is 16.1 Å². The number of para-hydroxylation sites is 2. The van der Waals surface area contributed by atoms with Gasteiger partial charge in [-0.3, -0.25) is 0 Å². The van der Waals surface area contributed by atoms with Crippen molar-refractivity contribution in [3.05, 3.63) is 175 Å². The molecule has 0 atom stereocenters. The molecule has 0 amide bonds. The van der Waals surface area contributed by atoms with Gasteiger partial charge in [-0.25, -0.2) is 0 Å². The van der Waals surface area contributed by atoms with E-state index >= 15 is 0 Å². The SMILES string of the molecule is CC1(C)c2ccccc2N2c3cc4ccccc4c(-c4ccc(-c5ccccc5)cc4Nc4cccc5c4sc4ccccc45)c3Bc3cccc1c32. The minimum Gasteiger partial charge on any atom is -0.354 e. The van der Waals surface area contributed by atoms with Gasteiger partial charge in [0.2, 0.25) is 0 Å². The van der Waals surface area contributed by atoms with E-state index in [4.69, 9.17) is 0 Å². The van der Waals surface area contributed by atoms with Crippen LogP contribution in [-0.4, -0.2) is 7.28 Å². The topological polar surface area (TPSA) is 15.3 Å². The Morgan fingerprint density at radius 3 is 2.21 bits per heavy atom. The number of thiophene rings is 1. The second-order valence-electron chi connectivity index (χ2n) is 15.0. The summed E-state index contributed by atoms with van der Waals surface area (Å²) < 4.78 is 2.58. The minimum atomic E-state index is -0.104. The summed E-state index contributed by atoms with van der Waals surface area (Å²) in [6, 6.07) is 60.6. The summed E-state index contributed by atoms with van der Waals surface area (Å²) in [5.41, 5.74) is 16.4. The zero-order chi connectivity index (χ0) is 35.3. The van der Waals surface area contributed by atoms with E-state index in [0.29, 0.717) is 0 Å². The van der Waals surface area contributed by atoms with E-state index < -0.39 is 0 Å². The monoisotopic (exact) mass is 694 g/mol. The smallest absolute Gasteiger partial charge is 0.198 e. The molecule has 1 aromatic heterocycles. The van der Waals surface area contributed by atoms with Crippen LogP contribution in [0.3, 0.4) is 0 Å². The molecular formula is C49H35BN2S. The third kappa shape index (κ3) is 4.52. The van der Waals surface area contributed by atoms with E-state index in [-0.39, 0.29) is 5.41 Å². The second-order valence-corrected chi connectivity index (χ2v) is 16.0. The Hall–Kier alpha value is -6.10. The van der Waals surface area contributed by atoms with Crippen molar-refractivity contribution in [2.45, 2.75) is 19.3 Å². The Balaban J connectivity index is 1.19. The van der Waals surface area contributed by atoms with E-state index in [1.165, 1.54) is 92.3 Å². The highest BCUT2D eigenvalue weighted by atomic mass is 32.1. The first-order valence-corrected chi connectivity index (χ1v) is 19.3. The zero-order valence-corrected chi connectivity index (χ0v) is 30.5. The maximum absolute atomic E-state index is 4.04. The maximum Gasteiger partial charge on any atom is 0.198 e. The van der Waals surface area contributed by atoms with Gasteiger partial charge in [-0.05, 0) is 74.4 Å². The van der Waals surface area contributed by atoms with Gasteiger partial charge >= 0.3 is 0 Å². The quantitative estimate of drug-likeness (QED) is 0.185. The first kappa shape index (κ1) is 30.5. The first-order chi connectivity index (χ1) is 26.0. The maximum atomic E-state index is 4.04. The molecule has 4 heteroatoms. The van der Waals surface area contributed by atoms with E-state index in [0.717, 1.165) is 18.7 Å². The lowest BCUT2D eigenvalue weighted by molar-refractivity contribution is 0.632. The summed E-state index contributed by atoms with van der Waals surface area (Å²) in [4.78, 5) is 2.57. The van der Waals surface area contributed by atoms with Crippen LogP contribution in [0.2, 0.25) is 0 Å². The lowest BCUT2D eigenvalue weighted by Gasteiger charge is -2.46. The number of hydrogen-bond donors (Lipinski definition) is 1. The van der Waals surface area contributed by atoms with E-state index in [1.54, 1.807) is 0 Å². The third-order valence-electron chi connectivity index (χ3n) is 11.6. The third-order valence-corrected chi connectivity index (χ3v) is 12.9. The summed E-state index contributed by atoms with van der Waals surface area (Å²) >= 11 is 1.86. The van der Waals surface area contributed by atoms with Crippen LogP contribution in [0.25, 0.3) is 53.2 Å². The molecule has 3 heterocycles. The van der Waals surface area contributed by atoms with Crippen molar-refractivity contribution >= 4 is 88.9 Å². The van der Waals surface area contributed by atoms with Gasteiger partial charge < -0.3 is 10.2 Å². The van der Waals surface area contributed by atoms with E-state index in [2.05, 4.69) is 188 Å². The van der Waals surface area contributed by atoms with Crippen molar-refractivity contribution in [1.29, 1.82) is 0 Å². The summed E-state index contributed by atoms with van der Waals surface area (Å²) in [7, 11) is 0.860. The number of nitrogens with one attached hydrogen (secondary N) is 1. The second kappa shape index (κ2) is 11.5. The van der Waals surface area contributed by atoms with Crippen LogP contribution in [0.4, 0.5) is 28.4 Å². The van der Waals surface area contributed by atoms with Crippen LogP contribution in [0.15, 0.2) is 164 Å².